The number of nitrogens with zero attached hydrogens (tertiary/aromatic N) is 1. The van der Waals surface area contributed by atoms with Gasteiger partial charge in [0.25, 0.3) is 5.91 Å². The van der Waals surface area contributed by atoms with Crippen LogP contribution in [0.15, 0.2) is 0 Å². The molecule has 0 aromatic heterocycles. The molecule has 1 saturated carbocycles. The third-order valence-electron chi connectivity index (χ3n) is 6.60. The summed E-state index contributed by atoms with van der Waals surface area (Å²) in [5.74, 6) is -6.45. The van der Waals surface area contributed by atoms with E-state index in [0.29, 0.717) is 13.3 Å². The number of rotatable bonds is 10. The highest BCUT2D eigenvalue weighted by Gasteiger charge is 2.50. The normalized spacial score (nSPS) is 21.3. The summed E-state index contributed by atoms with van der Waals surface area (Å²) >= 11 is 0. The zero-order chi connectivity index (χ0) is 27.6. The number of amides is 4. The van der Waals surface area contributed by atoms with Gasteiger partial charge >= 0.3 is 6.09 Å². The molecule has 0 aromatic rings. The average Bonchev–Trinajstić information content (AvgIpc) is 3.47. The number of hydrogen-bond donors (Lipinski definition) is 4. The lowest BCUT2D eigenvalue weighted by molar-refractivity contribution is -0.145. The van der Waals surface area contributed by atoms with E-state index in [1.165, 1.54) is 4.90 Å². The monoisotopic (exact) mass is 516 g/mol. The molecule has 0 aromatic carbocycles. The third-order valence-corrected chi connectivity index (χ3v) is 6.60. The lowest BCUT2D eigenvalue weighted by atomic mass is 9.82. The Morgan fingerprint density at radius 1 is 1.06 bits per heavy atom. The van der Waals surface area contributed by atoms with Crippen LogP contribution in [0.3, 0.4) is 0 Å². The molecule has 10 nitrogen and oxygen atoms in total. The van der Waals surface area contributed by atoms with Gasteiger partial charge in [-0.05, 0) is 43.4 Å². The summed E-state index contributed by atoms with van der Waals surface area (Å²) in [6.07, 6.45) is -0.736. The van der Waals surface area contributed by atoms with Crippen LogP contribution in [0, 0.1) is 10.8 Å². The Balaban J connectivity index is 2.29. The fraction of sp³-hybridized carbons (Fsp3) is 0.792. The number of ketones is 1. The van der Waals surface area contributed by atoms with Gasteiger partial charge in [0.15, 0.2) is 0 Å². The SMILES string of the molecule is CC(F)(F)CCC(NC(=O)[C@H]1N(C(=O)C(NC(=O)O)C(C)(C)C)CCC1(C)C)C(=O)C(=O)NC1CC1. The van der Waals surface area contributed by atoms with Crippen LogP contribution in [0.1, 0.15) is 73.6 Å². The van der Waals surface area contributed by atoms with E-state index in [1.807, 2.05) is 0 Å². The Labute approximate surface area is 209 Å². The van der Waals surface area contributed by atoms with Crippen molar-refractivity contribution in [1.29, 1.82) is 0 Å². The van der Waals surface area contributed by atoms with Gasteiger partial charge in [0.2, 0.25) is 23.5 Å². The van der Waals surface area contributed by atoms with Crippen LogP contribution in [-0.2, 0) is 19.2 Å². The maximum Gasteiger partial charge on any atom is 0.405 e. The number of Topliss-reactive ketones (excluding diaryl/α,β-unsaturated/α-hetero) is 1. The van der Waals surface area contributed by atoms with Gasteiger partial charge in [0.1, 0.15) is 12.1 Å². The van der Waals surface area contributed by atoms with Crippen LogP contribution in [0.25, 0.3) is 0 Å². The third kappa shape index (κ3) is 7.86. The molecule has 0 bridgehead atoms. The largest absolute Gasteiger partial charge is 0.465 e. The van der Waals surface area contributed by atoms with Crippen LogP contribution in [0.5, 0.6) is 0 Å². The molecule has 3 atom stereocenters. The molecule has 4 amide bonds. The molecule has 4 N–H and O–H groups in total. The van der Waals surface area contributed by atoms with Gasteiger partial charge in [0.05, 0.1) is 6.04 Å². The maximum atomic E-state index is 13.6. The minimum atomic E-state index is -3.12. The maximum absolute atomic E-state index is 13.6. The quantitative estimate of drug-likeness (QED) is 0.327. The first kappa shape index (κ1) is 29.4. The molecule has 2 aliphatic rings. The highest BCUT2D eigenvalue weighted by Crippen LogP contribution is 2.38. The Morgan fingerprint density at radius 3 is 2.11 bits per heavy atom. The molecular formula is C24H38F2N4O6. The van der Waals surface area contributed by atoms with Crippen LogP contribution in [0.4, 0.5) is 13.6 Å². The summed E-state index contributed by atoms with van der Waals surface area (Å²) in [6, 6.07) is -3.89. The molecule has 2 unspecified atom stereocenters. The Bertz CT molecular complexity index is 892. The van der Waals surface area contributed by atoms with Crippen LogP contribution < -0.4 is 16.0 Å². The molecule has 1 aliphatic carbocycles. The summed E-state index contributed by atoms with van der Waals surface area (Å²) in [5, 5.41) is 16.4. The number of halogens is 2. The second-order valence-electron chi connectivity index (χ2n) is 11.7. The van der Waals surface area contributed by atoms with Crippen molar-refractivity contribution >= 4 is 29.6 Å². The standard InChI is InChI=1S/C24H38F2N4O6/c1-22(2,3)16(29-21(35)36)20(34)30-12-11-23(4,5)17(30)19(33)28-14(9-10-24(6,25)26)15(31)18(32)27-13-7-8-13/h13-14,16-17,29H,7-12H2,1-6H3,(H,27,32)(H,28,33)(H,35,36)/t14?,16?,17-/m1/s1. The van der Waals surface area contributed by atoms with Crippen molar-refractivity contribution in [3.8, 4) is 0 Å². The van der Waals surface area contributed by atoms with E-state index in [9.17, 15) is 37.9 Å². The highest BCUT2D eigenvalue weighted by molar-refractivity contribution is 6.38. The van der Waals surface area contributed by atoms with Crippen LogP contribution in [0.2, 0.25) is 0 Å². The number of nitrogens with one attached hydrogen (secondary N) is 3. The second kappa shape index (κ2) is 10.7. The molecule has 36 heavy (non-hydrogen) atoms. The first-order valence-corrected chi connectivity index (χ1v) is 12.2. The van der Waals surface area contributed by atoms with Crippen molar-refractivity contribution in [2.24, 2.45) is 10.8 Å². The van der Waals surface area contributed by atoms with Gasteiger partial charge in [-0.25, -0.2) is 13.6 Å². The van der Waals surface area contributed by atoms with E-state index in [-0.39, 0.29) is 12.6 Å². The molecule has 1 saturated heterocycles. The Morgan fingerprint density at radius 2 is 1.64 bits per heavy atom. The summed E-state index contributed by atoms with van der Waals surface area (Å²) in [5.41, 5.74) is -1.57. The van der Waals surface area contributed by atoms with Crippen LogP contribution >= 0.6 is 0 Å². The predicted octanol–water partition coefficient (Wildman–Crippen LogP) is 2.06. The minimum Gasteiger partial charge on any atom is -0.465 e. The lowest BCUT2D eigenvalue weighted by Crippen LogP contribution is -2.60. The number of carbonyl (C=O) groups is 5. The lowest BCUT2D eigenvalue weighted by Gasteiger charge is -2.37. The second-order valence-corrected chi connectivity index (χ2v) is 11.7. The topological polar surface area (TPSA) is 145 Å². The van der Waals surface area contributed by atoms with E-state index in [0.717, 1.165) is 12.8 Å². The van der Waals surface area contributed by atoms with Crippen molar-refractivity contribution in [2.75, 3.05) is 6.54 Å². The van der Waals surface area contributed by atoms with Crippen molar-refractivity contribution in [2.45, 2.75) is 104 Å². The van der Waals surface area contributed by atoms with E-state index in [2.05, 4.69) is 16.0 Å². The number of carboxylic acid groups (broad SMARTS) is 1. The average molecular weight is 517 g/mol. The number of carbonyl (C=O) groups excluding carboxylic acids is 4. The van der Waals surface area contributed by atoms with Crippen molar-refractivity contribution in [3.05, 3.63) is 0 Å². The van der Waals surface area contributed by atoms with E-state index >= 15 is 0 Å². The molecule has 204 valence electrons. The molecule has 0 spiro atoms. The smallest absolute Gasteiger partial charge is 0.405 e. The summed E-state index contributed by atoms with van der Waals surface area (Å²) < 4.78 is 27.1. The minimum absolute atomic E-state index is 0.136. The van der Waals surface area contributed by atoms with Gasteiger partial charge in [-0.15, -0.1) is 0 Å². The van der Waals surface area contributed by atoms with E-state index < -0.39 is 77.3 Å². The Kier molecular flexibility index (Phi) is 8.73. The predicted molar refractivity (Wildman–Crippen MR) is 126 cm³/mol. The van der Waals surface area contributed by atoms with Gasteiger partial charge < -0.3 is 26.0 Å². The number of hydrogen-bond acceptors (Lipinski definition) is 5. The molecule has 12 heteroatoms. The van der Waals surface area contributed by atoms with E-state index in [1.54, 1.807) is 34.6 Å². The number of likely N-dealkylation sites (tertiary alicyclic amines) is 1. The number of alkyl halides is 2. The summed E-state index contributed by atoms with van der Waals surface area (Å²) in [7, 11) is 0. The zero-order valence-electron chi connectivity index (χ0n) is 21.7. The first-order chi connectivity index (χ1) is 16.3. The first-order valence-electron chi connectivity index (χ1n) is 12.2. The molecular weight excluding hydrogens is 478 g/mol. The zero-order valence-corrected chi connectivity index (χ0v) is 21.7. The molecule has 2 fully saturated rings. The van der Waals surface area contributed by atoms with Crippen molar-refractivity contribution < 1.29 is 37.9 Å². The van der Waals surface area contributed by atoms with Crippen LogP contribution in [-0.4, -0.2) is 76.2 Å². The van der Waals surface area contributed by atoms with E-state index in [4.69, 9.17) is 0 Å². The van der Waals surface area contributed by atoms with Gasteiger partial charge in [-0.2, -0.15) is 0 Å². The fourth-order valence-electron chi connectivity index (χ4n) is 4.33. The summed E-state index contributed by atoms with van der Waals surface area (Å²) in [4.78, 5) is 64.6. The van der Waals surface area contributed by atoms with Gasteiger partial charge in [-0.3, -0.25) is 19.2 Å². The summed E-state index contributed by atoms with van der Waals surface area (Å²) in [6.45, 7) is 9.38. The van der Waals surface area contributed by atoms with Crippen molar-refractivity contribution in [3.63, 3.8) is 0 Å². The molecule has 0 radical (unpaired) electrons. The molecule has 1 heterocycles. The van der Waals surface area contributed by atoms with Crippen molar-refractivity contribution in [1.82, 2.24) is 20.9 Å². The van der Waals surface area contributed by atoms with Gasteiger partial charge in [-0.1, -0.05) is 34.6 Å². The Hall–Kier alpha value is -2.79. The van der Waals surface area contributed by atoms with Gasteiger partial charge in [0, 0.05) is 19.0 Å². The fourth-order valence-corrected chi connectivity index (χ4v) is 4.33. The highest BCUT2D eigenvalue weighted by atomic mass is 19.3. The molecule has 2 rings (SSSR count). The molecule has 1 aliphatic heterocycles.